The lowest BCUT2D eigenvalue weighted by Crippen LogP contribution is -2.39. The minimum atomic E-state index is -0.0414. The lowest BCUT2D eigenvalue weighted by atomic mass is 10.0. The van der Waals surface area contributed by atoms with Crippen LogP contribution < -0.4 is 0 Å². The van der Waals surface area contributed by atoms with Gasteiger partial charge in [0.2, 0.25) is 11.7 Å². The minimum Gasteiger partial charge on any atom is -0.338 e. The predicted octanol–water partition coefficient (Wildman–Crippen LogP) is 2.94. The van der Waals surface area contributed by atoms with E-state index >= 15 is 0 Å². The fraction of sp³-hybridized carbons (Fsp3) is 0.400. The molecule has 0 aliphatic carbocycles. The van der Waals surface area contributed by atoms with Gasteiger partial charge in [0.05, 0.1) is 12.6 Å². The first-order chi connectivity index (χ1) is 10.3. The molecule has 1 aromatic carbocycles. The number of carbonyl (C=O) groups is 1. The van der Waals surface area contributed by atoms with Crippen LogP contribution in [0.2, 0.25) is 5.02 Å². The molecule has 6 heteroatoms. The summed E-state index contributed by atoms with van der Waals surface area (Å²) in [4.78, 5) is 17.6. The number of aromatic nitrogens is 2. The van der Waals surface area contributed by atoms with Crippen LogP contribution in [0.3, 0.4) is 0 Å². The van der Waals surface area contributed by atoms with E-state index in [1.54, 1.807) is 12.1 Å². The summed E-state index contributed by atoms with van der Waals surface area (Å²) in [7, 11) is 0. The maximum absolute atomic E-state index is 11.1. The van der Waals surface area contributed by atoms with Crippen molar-refractivity contribution in [2.24, 2.45) is 0 Å². The van der Waals surface area contributed by atoms with Gasteiger partial charge < -0.3 is 9.32 Å². The van der Waals surface area contributed by atoms with Crippen LogP contribution in [0.4, 0.5) is 0 Å². The van der Waals surface area contributed by atoms with Crippen LogP contribution in [0, 0.1) is 0 Å². The van der Waals surface area contributed by atoms with Gasteiger partial charge in [-0.15, -0.1) is 0 Å². The van der Waals surface area contributed by atoms with Crippen molar-refractivity contribution in [1.29, 1.82) is 0 Å². The highest BCUT2D eigenvalue weighted by Crippen LogP contribution is 2.22. The van der Waals surface area contributed by atoms with Gasteiger partial charge in [0.15, 0.2) is 0 Å². The molecule has 1 fully saturated rings. The summed E-state index contributed by atoms with van der Waals surface area (Å²) in [5.41, 5.74) is 0.822. The standard InChI is InChI=1S/C15H16ClN3O2/c16-12-5-3-4-11(8-12)15-17-14(21-18-15)9-19-7-2-1-6-13(19)10-20/h3-5,8,10,13H,1-2,6-7,9H2. The average molecular weight is 306 g/mol. The monoisotopic (exact) mass is 305 g/mol. The van der Waals surface area contributed by atoms with E-state index < -0.39 is 0 Å². The Balaban J connectivity index is 1.74. The number of likely N-dealkylation sites (tertiary alicyclic amines) is 1. The van der Waals surface area contributed by atoms with Gasteiger partial charge in [-0.05, 0) is 31.5 Å². The summed E-state index contributed by atoms with van der Waals surface area (Å²) >= 11 is 5.96. The third-order valence-corrected chi connectivity index (χ3v) is 3.95. The molecule has 0 bridgehead atoms. The molecule has 1 saturated heterocycles. The molecule has 110 valence electrons. The molecule has 2 aromatic rings. The molecule has 1 aromatic heterocycles. The predicted molar refractivity (Wildman–Crippen MR) is 78.9 cm³/mol. The van der Waals surface area contributed by atoms with E-state index in [-0.39, 0.29) is 6.04 Å². The molecule has 0 radical (unpaired) electrons. The van der Waals surface area contributed by atoms with Crippen molar-refractivity contribution in [3.8, 4) is 11.4 Å². The smallest absolute Gasteiger partial charge is 0.241 e. The summed E-state index contributed by atoms with van der Waals surface area (Å²) < 4.78 is 5.29. The van der Waals surface area contributed by atoms with Gasteiger partial charge in [0, 0.05) is 10.6 Å². The Morgan fingerprint density at radius 2 is 2.33 bits per heavy atom. The van der Waals surface area contributed by atoms with Crippen LogP contribution >= 0.6 is 11.6 Å². The number of carbonyl (C=O) groups excluding carboxylic acids is 1. The number of rotatable bonds is 4. The van der Waals surface area contributed by atoms with E-state index in [0.717, 1.165) is 37.7 Å². The zero-order valence-corrected chi connectivity index (χ0v) is 12.3. The molecule has 1 atom stereocenters. The van der Waals surface area contributed by atoms with Crippen LogP contribution in [-0.2, 0) is 11.3 Å². The lowest BCUT2D eigenvalue weighted by molar-refractivity contribution is -0.113. The quantitative estimate of drug-likeness (QED) is 0.813. The van der Waals surface area contributed by atoms with E-state index in [9.17, 15) is 4.79 Å². The molecule has 3 rings (SSSR count). The Labute approximate surface area is 127 Å². The molecule has 1 aliphatic rings. The van der Waals surface area contributed by atoms with Gasteiger partial charge in [-0.3, -0.25) is 4.90 Å². The first-order valence-corrected chi connectivity index (χ1v) is 7.42. The second-order valence-corrected chi connectivity index (χ2v) is 5.63. The fourth-order valence-electron chi connectivity index (χ4n) is 2.60. The summed E-state index contributed by atoms with van der Waals surface area (Å²) in [5, 5.41) is 4.62. The van der Waals surface area contributed by atoms with Crippen LogP contribution in [0.15, 0.2) is 28.8 Å². The van der Waals surface area contributed by atoms with Crippen molar-refractivity contribution in [2.45, 2.75) is 31.8 Å². The summed E-state index contributed by atoms with van der Waals surface area (Å²) in [6.45, 7) is 1.40. The molecule has 0 amide bonds. The summed E-state index contributed by atoms with van der Waals surface area (Å²) in [6.07, 6.45) is 4.10. The van der Waals surface area contributed by atoms with Crippen molar-refractivity contribution in [3.05, 3.63) is 35.2 Å². The van der Waals surface area contributed by atoms with E-state index in [0.29, 0.717) is 23.3 Å². The number of piperidine rings is 1. The average Bonchev–Trinajstić information content (AvgIpc) is 2.96. The van der Waals surface area contributed by atoms with Crippen LogP contribution in [0.25, 0.3) is 11.4 Å². The molecule has 0 spiro atoms. The molecule has 1 aliphatic heterocycles. The van der Waals surface area contributed by atoms with Gasteiger partial charge in [-0.25, -0.2) is 0 Å². The maximum Gasteiger partial charge on any atom is 0.241 e. The number of nitrogens with zero attached hydrogens (tertiary/aromatic N) is 3. The maximum atomic E-state index is 11.1. The Morgan fingerprint density at radius 3 is 3.14 bits per heavy atom. The molecule has 5 nitrogen and oxygen atoms in total. The Kier molecular flexibility index (Phi) is 4.31. The van der Waals surface area contributed by atoms with Crippen molar-refractivity contribution in [1.82, 2.24) is 15.0 Å². The Hall–Kier alpha value is -1.72. The third-order valence-electron chi connectivity index (χ3n) is 3.71. The number of hydrogen-bond acceptors (Lipinski definition) is 5. The van der Waals surface area contributed by atoms with E-state index in [1.165, 1.54) is 0 Å². The van der Waals surface area contributed by atoms with E-state index in [4.69, 9.17) is 16.1 Å². The van der Waals surface area contributed by atoms with Crippen LogP contribution in [0.5, 0.6) is 0 Å². The van der Waals surface area contributed by atoms with Gasteiger partial charge in [0.1, 0.15) is 6.29 Å². The van der Waals surface area contributed by atoms with Gasteiger partial charge >= 0.3 is 0 Å². The minimum absolute atomic E-state index is 0.0414. The second-order valence-electron chi connectivity index (χ2n) is 5.19. The zero-order valence-electron chi connectivity index (χ0n) is 11.5. The number of halogens is 1. The Morgan fingerprint density at radius 1 is 1.43 bits per heavy atom. The first kappa shape index (κ1) is 14.2. The van der Waals surface area contributed by atoms with Gasteiger partial charge in [-0.2, -0.15) is 4.98 Å². The lowest BCUT2D eigenvalue weighted by Gasteiger charge is -2.30. The van der Waals surface area contributed by atoms with E-state index in [2.05, 4.69) is 15.0 Å². The fourth-order valence-corrected chi connectivity index (χ4v) is 2.80. The SMILES string of the molecule is O=CC1CCCCN1Cc1nc(-c2cccc(Cl)c2)no1. The summed E-state index contributed by atoms with van der Waals surface area (Å²) in [6, 6.07) is 7.29. The topological polar surface area (TPSA) is 59.2 Å². The second kappa shape index (κ2) is 6.37. The molecule has 2 heterocycles. The van der Waals surface area contributed by atoms with Crippen molar-refractivity contribution >= 4 is 17.9 Å². The molecule has 0 N–H and O–H groups in total. The van der Waals surface area contributed by atoms with Crippen LogP contribution in [-0.4, -0.2) is 33.9 Å². The zero-order chi connectivity index (χ0) is 14.7. The molecule has 1 unspecified atom stereocenters. The third kappa shape index (κ3) is 3.31. The van der Waals surface area contributed by atoms with Crippen molar-refractivity contribution < 1.29 is 9.32 Å². The van der Waals surface area contributed by atoms with E-state index in [1.807, 2.05) is 12.1 Å². The molecular formula is C15H16ClN3O2. The number of aldehydes is 1. The molecule has 21 heavy (non-hydrogen) atoms. The summed E-state index contributed by atoms with van der Waals surface area (Å²) in [5.74, 6) is 1.05. The van der Waals surface area contributed by atoms with Crippen molar-refractivity contribution in [3.63, 3.8) is 0 Å². The van der Waals surface area contributed by atoms with Crippen LogP contribution in [0.1, 0.15) is 25.2 Å². The molecular weight excluding hydrogens is 290 g/mol. The number of benzene rings is 1. The van der Waals surface area contributed by atoms with Gasteiger partial charge in [0.25, 0.3) is 0 Å². The van der Waals surface area contributed by atoms with Crippen molar-refractivity contribution in [2.75, 3.05) is 6.54 Å². The number of hydrogen-bond donors (Lipinski definition) is 0. The van der Waals surface area contributed by atoms with Gasteiger partial charge in [-0.1, -0.05) is 35.3 Å². The highest BCUT2D eigenvalue weighted by Gasteiger charge is 2.23. The largest absolute Gasteiger partial charge is 0.338 e. The first-order valence-electron chi connectivity index (χ1n) is 7.04. The highest BCUT2D eigenvalue weighted by molar-refractivity contribution is 6.30. The Bertz CT molecular complexity index is 629. The highest BCUT2D eigenvalue weighted by atomic mass is 35.5. The molecule has 0 saturated carbocycles. The normalized spacial score (nSPS) is 19.6.